The summed E-state index contributed by atoms with van der Waals surface area (Å²) in [5.74, 6) is 0.949. The van der Waals surface area contributed by atoms with Gasteiger partial charge in [-0.3, -0.25) is 9.88 Å². The Balaban J connectivity index is 2.00. The van der Waals surface area contributed by atoms with E-state index in [-0.39, 0.29) is 18.2 Å². The van der Waals surface area contributed by atoms with Crippen molar-refractivity contribution < 1.29 is 9.47 Å². The number of rotatable bonds is 7. The zero-order chi connectivity index (χ0) is 21.0. The third kappa shape index (κ3) is 4.81. The van der Waals surface area contributed by atoms with Crippen molar-refractivity contribution in [2.24, 2.45) is 0 Å². The molecule has 1 saturated heterocycles. The summed E-state index contributed by atoms with van der Waals surface area (Å²) in [6, 6.07) is 8.96. The minimum atomic E-state index is 0.235. The van der Waals surface area contributed by atoms with E-state index in [1.807, 2.05) is 13.1 Å². The van der Waals surface area contributed by atoms with Gasteiger partial charge in [0, 0.05) is 42.5 Å². The van der Waals surface area contributed by atoms with E-state index in [9.17, 15) is 0 Å². The average molecular weight is 397 g/mol. The van der Waals surface area contributed by atoms with Gasteiger partial charge in [-0.2, -0.15) is 0 Å². The molecule has 0 aliphatic carbocycles. The second-order valence-corrected chi connectivity index (χ2v) is 8.09. The van der Waals surface area contributed by atoms with Crippen LogP contribution in [-0.4, -0.2) is 41.8 Å². The normalized spacial score (nSPS) is 21.2. The van der Waals surface area contributed by atoms with Crippen molar-refractivity contribution >= 4 is 0 Å². The van der Waals surface area contributed by atoms with Crippen LogP contribution in [0.1, 0.15) is 64.3 Å². The molecule has 4 nitrogen and oxygen atoms in total. The van der Waals surface area contributed by atoms with Gasteiger partial charge in [-0.1, -0.05) is 32.0 Å². The SMILES string of the molecule is CCOc1cc(-c2c(CC)cccc2CC)ncc1C(C)N1C[C@@H](C)O[C@H](C)C1. The summed E-state index contributed by atoms with van der Waals surface area (Å²) in [7, 11) is 0. The van der Waals surface area contributed by atoms with Gasteiger partial charge in [0.05, 0.1) is 24.5 Å². The van der Waals surface area contributed by atoms with Crippen molar-refractivity contribution in [1.29, 1.82) is 0 Å². The van der Waals surface area contributed by atoms with Crippen molar-refractivity contribution in [3.63, 3.8) is 0 Å². The van der Waals surface area contributed by atoms with Crippen LogP contribution in [-0.2, 0) is 17.6 Å². The van der Waals surface area contributed by atoms with Gasteiger partial charge in [0.1, 0.15) is 5.75 Å². The summed E-state index contributed by atoms with van der Waals surface area (Å²) in [6.07, 6.45) is 4.51. The van der Waals surface area contributed by atoms with Crippen LogP contribution in [0.15, 0.2) is 30.5 Å². The molecular weight excluding hydrogens is 360 g/mol. The van der Waals surface area contributed by atoms with Gasteiger partial charge in [-0.15, -0.1) is 0 Å². The maximum Gasteiger partial charge on any atom is 0.127 e. The molecule has 2 heterocycles. The van der Waals surface area contributed by atoms with E-state index in [4.69, 9.17) is 14.5 Å². The van der Waals surface area contributed by atoms with Crippen molar-refractivity contribution in [1.82, 2.24) is 9.88 Å². The number of morpholine rings is 1. The quantitative estimate of drug-likeness (QED) is 0.624. The van der Waals surface area contributed by atoms with E-state index in [0.717, 1.165) is 42.9 Å². The molecule has 1 aromatic heterocycles. The highest BCUT2D eigenvalue weighted by atomic mass is 16.5. The minimum absolute atomic E-state index is 0.235. The fourth-order valence-electron chi connectivity index (χ4n) is 4.48. The summed E-state index contributed by atoms with van der Waals surface area (Å²) in [4.78, 5) is 7.41. The smallest absolute Gasteiger partial charge is 0.127 e. The first-order valence-corrected chi connectivity index (χ1v) is 11.1. The lowest BCUT2D eigenvalue weighted by atomic mass is 9.94. The molecule has 2 aromatic rings. The highest BCUT2D eigenvalue weighted by Gasteiger charge is 2.28. The maximum atomic E-state index is 6.11. The zero-order valence-corrected chi connectivity index (χ0v) is 18.9. The number of hydrogen-bond acceptors (Lipinski definition) is 4. The summed E-state index contributed by atoms with van der Waals surface area (Å²) in [5.41, 5.74) is 6.13. The third-order valence-electron chi connectivity index (χ3n) is 5.90. The molecule has 0 spiro atoms. The van der Waals surface area contributed by atoms with Gasteiger partial charge >= 0.3 is 0 Å². The predicted molar refractivity (Wildman–Crippen MR) is 120 cm³/mol. The van der Waals surface area contributed by atoms with E-state index in [0.29, 0.717) is 6.61 Å². The van der Waals surface area contributed by atoms with Crippen molar-refractivity contribution in [3.05, 3.63) is 47.2 Å². The highest BCUT2D eigenvalue weighted by Crippen LogP contribution is 2.35. The van der Waals surface area contributed by atoms with Crippen molar-refractivity contribution in [2.75, 3.05) is 19.7 Å². The second kappa shape index (κ2) is 9.73. The van der Waals surface area contributed by atoms with E-state index >= 15 is 0 Å². The molecule has 0 N–H and O–H groups in total. The Kier molecular flexibility index (Phi) is 7.31. The molecule has 158 valence electrons. The Bertz CT molecular complexity index is 788. The fourth-order valence-corrected chi connectivity index (χ4v) is 4.48. The number of nitrogens with zero attached hydrogens (tertiary/aromatic N) is 2. The standard InChI is InChI=1S/C25H36N2O2/c1-7-20-11-10-12-21(8-2)25(20)23-13-24(28-9-3)22(14-26-23)19(6)27-15-17(4)29-18(5)16-27/h10-14,17-19H,7-9,15-16H2,1-6H3/t17-,18-,19?/m1/s1. The molecule has 3 rings (SSSR count). The molecule has 1 aliphatic heterocycles. The topological polar surface area (TPSA) is 34.6 Å². The molecule has 4 heteroatoms. The Morgan fingerprint density at radius 1 is 1.10 bits per heavy atom. The average Bonchev–Trinajstić information content (AvgIpc) is 2.72. The molecule has 0 saturated carbocycles. The largest absolute Gasteiger partial charge is 0.493 e. The van der Waals surface area contributed by atoms with E-state index < -0.39 is 0 Å². The lowest BCUT2D eigenvalue weighted by molar-refractivity contribution is -0.0791. The van der Waals surface area contributed by atoms with Crippen LogP contribution in [0.4, 0.5) is 0 Å². The van der Waals surface area contributed by atoms with Crippen LogP contribution in [0.25, 0.3) is 11.3 Å². The molecule has 1 unspecified atom stereocenters. The molecular formula is C25H36N2O2. The predicted octanol–water partition coefficient (Wildman–Crippen LogP) is 5.44. The minimum Gasteiger partial charge on any atom is -0.493 e. The Hall–Kier alpha value is -1.91. The molecule has 0 bridgehead atoms. The van der Waals surface area contributed by atoms with Gasteiger partial charge in [0.25, 0.3) is 0 Å². The molecule has 1 aromatic carbocycles. The monoisotopic (exact) mass is 396 g/mol. The number of aromatic nitrogens is 1. The number of ether oxygens (including phenoxy) is 2. The van der Waals surface area contributed by atoms with Gasteiger partial charge in [0.15, 0.2) is 0 Å². The van der Waals surface area contributed by atoms with Gasteiger partial charge in [-0.05, 0) is 51.7 Å². The molecule has 1 aliphatic rings. The number of hydrogen-bond donors (Lipinski definition) is 0. The van der Waals surface area contributed by atoms with Crippen LogP contribution in [0.5, 0.6) is 5.75 Å². The molecule has 1 fully saturated rings. The van der Waals surface area contributed by atoms with Gasteiger partial charge < -0.3 is 9.47 Å². The molecule has 0 amide bonds. The van der Waals surface area contributed by atoms with Crippen LogP contribution >= 0.6 is 0 Å². The first-order chi connectivity index (χ1) is 14.0. The highest BCUT2D eigenvalue weighted by molar-refractivity contribution is 5.69. The van der Waals surface area contributed by atoms with E-state index in [2.05, 4.69) is 63.8 Å². The summed E-state index contributed by atoms with van der Waals surface area (Å²) in [5, 5.41) is 0. The van der Waals surface area contributed by atoms with Crippen molar-refractivity contribution in [2.45, 2.75) is 72.6 Å². The van der Waals surface area contributed by atoms with Crippen LogP contribution in [0.2, 0.25) is 0 Å². The Morgan fingerprint density at radius 2 is 1.72 bits per heavy atom. The Morgan fingerprint density at radius 3 is 2.28 bits per heavy atom. The third-order valence-corrected chi connectivity index (χ3v) is 5.90. The zero-order valence-electron chi connectivity index (χ0n) is 18.9. The van der Waals surface area contributed by atoms with Gasteiger partial charge in [0.2, 0.25) is 0 Å². The summed E-state index contributed by atoms with van der Waals surface area (Å²) < 4.78 is 12.0. The molecule has 0 radical (unpaired) electrons. The van der Waals surface area contributed by atoms with E-state index in [1.165, 1.54) is 16.7 Å². The van der Waals surface area contributed by atoms with Crippen molar-refractivity contribution in [3.8, 4) is 17.0 Å². The lowest BCUT2D eigenvalue weighted by Crippen LogP contribution is -2.46. The Labute approximate surface area is 176 Å². The number of pyridine rings is 1. The van der Waals surface area contributed by atoms with Crippen LogP contribution < -0.4 is 4.74 Å². The summed E-state index contributed by atoms with van der Waals surface area (Å²) >= 11 is 0. The lowest BCUT2D eigenvalue weighted by Gasteiger charge is -2.39. The first-order valence-electron chi connectivity index (χ1n) is 11.1. The second-order valence-electron chi connectivity index (χ2n) is 8.09. The molecule has 29 heavy (non-hydrogen) atoms. The van der Waals surface area contributed by atoms with Crippen LogP contribution in [0, 0.1) is 0 Å². The molecule has 3 atom stereocenters. The number of benzene rings is 1. The number of aryl methyl sites for hydroxylation is 2. The van der Waals surface area contributed by atoms with Gasteiger partial charge in [-0.25, -0.2) is 0 Å². The summed E-state index contributed by atoms with van der Waals surface area (Å²) in [6.45, 7) is 15.5. The van der Waals surface area contributed by atoms with Crippen LogP contribution in [0.3, 0.4) is 0 Å². The maximum absolute atomic E-state index is 6.11. The van der Waals surface area contributed by atoms with E-state index in [1.54, 1.807) is 0 Å². The first kappa shape index (κ1) is 21.8. The fraction of sp³-hybridized carbons (Fsp3) is 0.560.